The summed E-state index contributed by atoms with van der Waals surface area (Å²) in [7, 11) is 0. The molecule has 6 heteroatoms. The number of hydrogen-bond acceptors (Lipinski definition) is 5. The van der Waals surface area contributed by atoms with Gasteiger partial charge in [-0.2, -0.15) is 0 Å². The number of ether oxygens (including phenoxy) is 1. The van der Waals surface area contributed by atoms with Gasteiger partial charge in [0.1, 0.15) is 11.4 Å². The second kappa shape index (κ2) is 12.2. The fourth-order valence-corrected chi connectivity index (χ4v) is 4.02. The topological polar surface area (TPSA) is 62.7 Å². The van der Waals surface area contributed by atoms with E-state index in [2.05, 4.69) is 18.8 Å². The molecule has 0 spiro atoms. The Kier molecular flexibility index (Phi) is 9.04. The number of amides is 2. The lowest BCUT2D eigenvalue weighted by Crippen LogP contribution is -2.36. The molecular weight excluding hydrogens is 414 g/mol. The summed E-state index contributed by atoms with van der Waals surface area (Å²) in [5, 5.41) is 0. The number of pyridine rings is 1. The predicted octanol–water partition coefficient (Wildman–Crippen LogP) is 4.71. The SMILES string of the molecule is CCCCCN1C(=O)C(c2ccc(OCCC)cc2)=C(N(CC)CCc2ccncc2)C1=O. The lowest BCUT2D eigenvalue weighted by Gasteiger charge is -2.25. The molecule has 2 heterocycles. The maximum atomic E-state index is 13.5. The van der Waals surface area contributed by atoms with Gasteiger partial charge in [-0.15, -0.1) is 0 Å². The molecule has 176 valence electrons. The Morgan fingerprint density at radius 2 is 1.64 bits per heavy atom. The highest BCUT2D eigenvalue weighted by Crippen LogP contribution is 2.33. The number of hydrogen-bond donors (Lipinski definition) is 0. The summed E-state index contributed by atoms with van der Waals surface area (Å²) in [6.45, 7) is 8.60. The number of likely N-dealkylation sites (N-methyl/N-ethyl adjacent to an activating group) is 1. The molecule has 1 aliphatic heterocycles. The average Bonchev–Trinajstić information content (AvgIpc) is 3.09. The summed E-state index contributed by atoms with van der Waals surface area (Å²) >= 11 is 0. The number of rotatable bonds is 13. The zero-order valence-corrected chi connectivity index (χ0v) is 20.0. The minimum Gasteiger partial charge on any atom is -0.494 e. The van der Waals surface area contributed by atoms with Crippen molar-refractivity contribution < 1.29 is 14.3 Å². The molecular formula is C27H35N3O3. The molecule has 2 aromatic rings. The molecule has 0 atom stereocenters. The van der Waals surface area contributed by atoms with Crippen LogP contribution >= 0.6 is 0 Å². The van der Waals surface area contributed by atoms with Gasteiger partial charge in [-0.1, -0.05) is 38.8 Å². The Hall–Kier alpha value is -3.15. The molecule has 33 heavy (non-hydrogen) atoms. The van der Waals surface area contributed by atoms with Crippen molar-refractivity contribution in [2.45, 2.75) is 52.9 Å². The van der Waals surface area contributed by atoms with E-state index in [0.717, 1.165) is 49.0 Å². The van der Waals surface area contributed by atoms with E-state index in [1.165, 1.54) is 4.90 Å². The van der Waals surface area contributed by atoms with Crippen LogP contribution in [0.1, 0.15) is 57.6 Å². The van der Waals surface area contributed by atoms with Crippen molar-refractivity contribution in [3.8, 4) is 5.75 Å². The number of nitrogens with zero attached hydrogens (tertiary/aromatic N) is 3. The van der Waals surface area contributed by atoms with E-state index in [4.69, 9.17) is 4.74 Å². The van der Waals surface area contributed by atoms with Gasteiger partial charge < -0.3 is 9.64 Å². The first-order chi connectivity index (χ1) is 16.1. The number of benzene rings is 1. The Morgan fingerprint density at radius 3 is 2.27 bits per heavy atom. The summed E-state index contributed by atoms with van der Waals surface area (Å²) in [5.74, 6) is 0.383. The second-order valence-corrected chi connectivity index (χ2v) is 8.25. The van der Waals surface area contributed by atoms with Crippen LogP contribution in [0.3, 0.4) is 0 Å². The molecule has 0 saturated heterocycles. The van der Waals surface area contributed by atoms with Crippen molar-refractivity contribution in [3.05, 3.63) is 65.6 Å². The first-order valence-electron chi connectivity index (χ1n) is 12.1. The number of carbonyl (C=O) groups excluding carboxylic acids is 2. The third kappa shape index (κ3) is 6.01. The van der Waals surface area contributed by atoms with Crippen LogP contribution in [-0.4, -0.2) is 52.8 Å². The standard InChI is InChI=1S/C27H35N3O3/c1-4-7-8-18-30-26(31)24(22-9-11-23(12-10-22)33-20-5-2)25(27(30)32)29(6-3)19-15-21-13-16-28-17-14-21/h9-14,16-17H,4-8,15,18-20H2,1-3H3. The van der Waals surface area contributed by atoms with Crippen LogP contribution in [0.5, 0.6) is 5.75 Å². The highest BCUT2D eigenvalue weighted by Gasteiger charge is 2.40. The van der Waals surface area contributed by atoms with Crippen LogP contribution < -0.4 is 4.74 Å². The van der Waals surface area contributed by atoms with E-state index < -0.39 is 0 Å². The van der Waals surface area contributed by atoms with E-state index in [0.29, 0.717) is 37.5 Å². The van der Waals surface area contributed by atoms with Crippen molar-refractivity contribution in [3.63, 3.8) is 0 Å². The van der Waals surface area contributed by atoms with Crippen LogP contribution in [-0.2, 0) is 16.0 Å². The lowest BCUT2D eigenvalue weighted by atomic mass is 10.0. The van der Waals surface area contributed by atoms with Crippen molar-refractivity contribution in [1.29, 1.82) is 0 Å². The number of carbonyl (C=O) groups is 2. The molecule has 0 saturated carbocycles. The largest absolute Gasteiger partial charge is 0.494 e. The van der Waals surface area contributed by atoms with Gasteiger partial charge in [0.15, 0.2) is 0 Å². The van der Waals surface area contributed by atoms with E-state index in [-0.39, 0.29) is 11.8 Å². The minimum absolute atomic E-state index is 0.186. The molecule has 1 aromatic carbocycles. The van der Waals surface area contributed by atoms with Gasteiger partial charge in [-0.05, 0) is 61.6 Å². The molecule has 0 aliphatic carbocycles. The van der Waals surface area contributed by atoms with Crippen LogP contribution in [0.2, 0.25) is 0 Å². The summed E-state index contributed by atoms with van der Waals surface area (Å²) in [4.78, 5) is 34.5. The molecule has 1 aromatic heterocycles. The van der Waals surface area contributed by atoms with E-state index in [9.17, 15) is 9.59 Å². The average molecular weight is 450 g/mol. The van der Waals surface area contributed by atoms with E-state index in [1.54, 1.807) is 12.4 Å². The van der Waals surface area contributed by atoms with Crippen LogP contribution in [0.4, 0.5) is 0 Å². The molecule has 2 amide bonds. The van der Waals surface area contributed by atoms with Gasteiger partial charge in [-0.25, -0.2) is 0 Å². The van der Waals surface area contributed by atoms with Crippen molar-refractivity contribution in [1.82, 2.24) is 14.8 Å². The van der Waals surface area contributed by atoms with E-state index >= 15 is 0 Å². The Morgan fingerprint density at radius 1 is 0.909 bits per heavy atom. The smallest absolute Gasteiger partial charge is 0.277 e. The maximum absolute atomic E-state index is 13.5. The second-order valence-electron chi connectivity index (χ2n) is 8.25. The normalized spacial score (nSPS) is 13.7. The molecule has 0 bridgehead atoms. The van der Waals surface area contributed by atoms with Gasteiger partial charge in [0.2, 0.25) is 0 Å². The van der Waals surface area contributed by atoms with Crippen molar-refractivity contribution in [2.75, 3.05) is 26.2 Å². The Labute approximate surface area is 197 Å². The lowest BCUT2D eigenvalue weighted by molar-refractivity contribution is -0.137. The molecule has 0 unspecified atom stereocenters. The predicted molar refractivity (Wildman–Crippen MR) is 131 cm³/mol. The molecule has 0 radical (unpaired) electrons. The third-order valence-corrected chi connectivity index (χ3v) is 5.86. The first kappa shape index (κ1) is 24.5. The molecule has 6 nitrogen and oxygen atoms in total. The van der Waals surface area contributed by atoms with Crippen LogP contribution in [0.15, 0.2) is 54.5 Å². The fraction of sp³-hybridized carbons (Fsp3) is 0.444. The molecule has 1 aliphatic rings. The number of unbranched alkanes of at least 4 members (excludes halogenated alkanes) is 2. The van der Waals surface area contributed by atoms with Crippen LogP contribution in [0, 0.1) is 0 Å². The van der Waals surface area contributed by atoms with Crippen molar-refractivity contribution >= 4 is 17.4 Å². The molecule has 0 N–H and O–H groups in total. The summed E-state index contributed by atoms with van der Waals surface area (Å²) < 4.78 is 5.70. The number of aromatic nitrogens is 1. The number of imide groups is 1. The van der Waals surface area contributed by atoms with Gasteiger partial charge in [0.25, 0.3) is 11.8 Å². The Balaban J connectivity index is 1.92. The maximum Gasteiger partial charge on any atom is 0.277 e. The van der Waals surface area contributed by atoms with E-state index in [1.807, 2.05) is 48.2 Å². The van der Waals surface area contributed by atoms with Gasteiger partial charge >= 0.3 is 0 Å². The highest BCUT2D eigenvalue weighted by molar-refractivity contribution is 6.35. The first-order valence-corrected chi connectivity index (χ1v) is 12.1. The summed E-state index contributed by atoms with van der Waals surface area (Å²) in [5.41, 5.74) is 2.91. The monoisotopic (exact) mass is 449 g/mol. The van der Waals surface area contributed by atoms with Gasteiger partial charge in [0, 0.05) is 32.0 Å². The zero-order chi connectivity index (χ0) is 23.6. The summed E-state index contributed by atoms with van der Waals surface area (Å²) in [6.07, 6.45) is 8.10. The zero-order valence-electron chi connectivity index (χ0n) is 20.0. The van der Waals surface area contributed by atoms with Crippen LogP contribution in [0.25, 0.3) is 5.57 Å². The minimum atomic E-state index is -0.198. The van der Waals surface area contributed by atoms with Crippen molar-refractivity contribution in [2.24, 2.45) is 0 Å². The summed E-state index contributed by atoms with van der Waals surface area (Å²) in [6, 6.07) is 11.5. The van der Waals surface area contributed by atoms with Gasteiger partial charge in [0.05, 0.1) is 12.2 Å². The highest BCUT2D eigenvalue weighted by atomic mass is 16.5. The molecule has 0 fully saturated rings. The Bertz CT molecular complexity index is 954. The third-order valence-electron chi connectivity index (χ3n) is 5.86. The quantitative estimate of drug-likeness (QED) is 0.327. The van der Waals surface area contributed by atoms with Gasteiger partial charge in [-0.3, -0.25) is 19.5 Å². The molecule has 3 rings (SSSR count). The fourth-order valence-electron chi connectivity index (χ4n) is 4.02.